The summed E-state index contributed by atoms with van der Waals surface area (Å²) in [6.07, 6.45) is 1.39. The van der Waals surface area contributed by atoms with Gasteiger partial charge in [0.05, 0.1) is 17.0 Å². The van der Waals surface area contributed by atoms with E-state index < -0.39 is 5.41 Å². The van der Waals surface area contributed by atoms with Gasteiger partial charge in [-0.15, -0.1) is 0 Å². The first kappa shape index (κ1) is 16.8. The number of amides is 1. The molecule has 18 heavy (non-hydrogen) atoms. The van der Waals surface area contributed by atoms with E-state index in [1.165, 1.54) is 0 Å². The Morgan fingerprint density at radius 3 is 2.44 bits per heavy atom. The highest BCUT2D eigenvalue weighted by atomic mass is 32.1. The highest BCUT2D eigenvalue weighted by Crippen LogP contribution is 2.21. The molecule has 0 aromatic heterocycles. The van der Waals surface area contributed by atoms with Crippen molar-refractivity contribution in [3.05, 3.63) is 0 Å². The fourth-order valence-electron chi connectivity index (χ4n) is 1.31. The second-order valence-corrected chi connectivity index (χ2v) is 4.65. The zero-order chi connectivity index (χ0) is 14.2. The van der Waals surface area contributed by atoms with Crippen molar-refractivity contribution in [3.8, 4) is 0 Å². The molecule has 3 N–H and O–H groups in total. The van der Waals surface area contributed by atoms with Gasteiger partial charge in [0.25, 0.3) is 0 Å². The van der Waals surface area contributed by atoms with Crippen molar-refractivity contribution in [3.63, 3.8) is 0 Å². The van der Waals surface area contributed by atoms with E-state index in [-0.39, 0.29) is 16.9 Å². The highest BCUT2D eigenvalue weighted by molar-refractivity contribution is 7.80. The van der Waals surface area contributed by atoms with E-state index in [1.54, 1.807) is 13.8 Å². The van der Waals surface area contributed by atoms with E-state index in [0.29, 0.717) is 32.4 Å². The van der Waals surface area contributed by atoms with Crippen LogP contribution in [0.5, 0.6) is 0 Å². The number of esters is 1. The number of carbonyl (C=O) groups is 2. The molecular weight excluding hydrogens is 252 g/mol. The van der Waals surface area contributed by atoms with Crippen LogP contribution in [0.4, 0.5) is 0 Å². The lowest BCUT2D eigenvalue weighted by Gasteiger charge is -2.25. The van der Waals surface area contributed by atoms with E-state index in [4.69, 9.17) is 22.7 Å². The largest absolute Gasteiger partial charge is 0.466 e. The number of hydrogen-bond donors (Lipinski definition) is 2. The van der Waals surface area contributed by atoms with Crippen LogP contribution in [0.15, 0.2) is 0 Å². The maximum absolute atomic E-state index is 11.9. The molecule has 0 heterocycles. The van der Waals surface area contributed by atoms with Crippen LogP contribution in [0, 0.1) is 5.41 Å². The van der Waals surface area contributed by atoms with Crippen LogP contribution in [0.1, 0.15) is 40.0 Å². The predicted molar refractivity (Wildman–Crippen MR) is 74.1 cm³/mol. The Balaban J connectivity index is 4.04. The van der Waals surface area contributed by atoms with Crippen LogP contribution in [0.3, 0.4) is 0 Å². The molecule has 0 fully saturated rings. The van der Waals surface area contributed by atoms with E-state index in [0.717, 1.165) is 0 Å². The lowest BCUT2D eigenvalue weighted by molar-refractivity contribution is -0.143. The minimum atomic E-state index is -0.820. The molecule has 5 nitrogen and oxygen atoms in total. The number of hydrogen-bond acceptors (Lipinski definition) is 4. The number of rotatable bonds is 8. The van der Waals surface area contributed by atoms with Gasteiger partial charge in [0.2, 0.25) is 5.91 Å². The van der Waals surface area contributed by atoms with Gasteiger partial charge < -0.3 is 15.8 Å². The monoisotopic (exact) mass is 274 g/mol. The standard InChI is InChI=1S/C12H22N2O3S/c1-4-12(3,10(13)18)11(16)14-8-6-7-9(15)17-5-2/h4-8H2,1-3H3,(H2,13,18)(H,14,16). The van der Waals surface area contributed by atoms with E-state index in [2.05, 4.69) is 5.32 Å². The third kappa shape index (κ3) is 5.00. The number of thiocarbonyl (C=S) groups is 1. The minimum Gasteiger partial charge on any atom is -0.466 e. The van der Waals surface area contributed by atoms with Crippen molar-refractivity contribution in [1.29, 1.82) is 0 Å². The van der Waals surface area contributed by atoms with Gasteiger partial charge in [-0.2, -0.15) is 0 Å². The quantitative estimate of drug-likeness (QED) is 0.394. The Kier molecular flexibility index (Phi) is 7.50. The molecule has 0 aliphatic rings. The molecule has 0 bridgehead atoms. The molecule has 0 aromatic carbocycles. The van der Waals surface area contributed by atoms with Crippen LogP contribution >= 0.6 is 12.2 Å². The second kappa shape index (κ2) is 8.02. The normalized spacial score (nSPS) is 13.5. The van der Waals surface area contributed by atoms with Crippen LogP contribution in [-0.2, 0) is 14.3 Å². The van der Waals surface area contributed by atoms with Gasteiger partial charge >= 0.3 is 5.97 Å². The Morgan fingerprint density at radius 1 is 1.39 bits per heavy atom. The molecule has 0 rings (SSSR count). The molecule has 1 amide bonds. The van der Waals surface area contributed by atoms with Gasteiger partial charge in [0, 0.05) is 13.0 Å². The van der Waals surface area contributed by atoms with Gasteiger partial charge in [0.15, 0.2) is 0 Å². The minimum absolute atomic E-state index is 0.188. The molecule has 1 unspecified atom stereocenters. The summed E-state index contributed by atoms with van der Waals surface area (Å²) in [5.41, 5.74) is 4.75. The number of carbonyl (C=O) groups excluding carboxylic acids is 2. The van der Waals surface area contributed by atoms with Crippen molar-refractivity contribution in [2.75, 3.05) is 13.2 Å². The van der Waals surface area contributed by atoms with Crippen molar-refractivity contribution < 1.29 is 14.3 Å². The Labute approximate surface area is 113 Å². The molecule has 0 radical (unpaired) electrons. The van der Waals surface area contributed by atoms with Crippen LogP contribution in [-0.4, -0.2) is 30.0 Å². The number of nitrogens with one attached hydrogen (secondary N) is 1. The molecule has 0 aliphatic carbocycles. The van der Waals surface area contributed by atoms with Crippen molar-refractivity contribution in [2.45, 2.75) is 40.0 Å². The van der Waals surface area contributed by atoms with Crippen LogP contribution < -0.4 is 11.1 Å². The SMILES string of the molecule is CCOC(=O)CCCNC(=O)C(C)(CC)C(N)=S. The molecule has 0 aromatic rings. The van der Waals surface area contributed by atoms with Crippen molar-refractivity contribution in [1.82, 2.24) is 5.32 Å². The second-order valence-electron chi connectivity index (χ2n) is 4.21. The topological polar surface area (TPSA) is 81.4 Å². The zero-order valence-electron chi connectivity index (χ0n) is 11.2. The fourth-order valence-corrected chi connectivity index (χ4v) is 1.55. The average Bonchev–Trinajstić information content (AvgIpc) is 2.33. The first-order valence-electron chi connectivity index (χ1n) is 6.12. The molecular formula is C12H22N2O3S. The molecule has 104 valence electrons. The maximum atomic E-state index is 11.9. The first-order chi connectivity index (χ1) is 8.38. The summed E-state index contributed by atoms with van der Waals surface area (Å²) in [7, 11) is 0. The van der Waals surface area contributed by atoms with Gasteiger partial charge in [-0.25, -0.2) is 0 Å². The molecule has 0 aliphatic heterocycles. The fraction of sp³-hybridized carbons (Fsp3) is 0.750. The van der Waals surface area contributed by atoms with Crippen LogP contribution in [0.25, 0.3) is 0 Å². The Bertz CT molecular complexity index is 320. The zero-order valence-corrected chi connectivity index (χ0v) is 12.1. The summed E-state index contributed by atoms with van der Waals surface area (Å²) in [6, 6.07) is 0. The van der Waals surface area contributed by atoms with E-state index in [9.17, 15) is 9.59 Å². The van der Waals surface area contributed by atoms with Crippen molar-refractivity contribution >= 4 is 29.1 Å². The Morgan fingerprint density at radius 2 is 2.00 bits per heavy atom. The van der Waals surface area contributed by atoms with Gasteiger partial charge in [-0.1, -0.05) is 19.1 Å². The third-order valence-corrected chi connectivity index (χ3v) is 3.35. The summed E-state index contributed by atoms with van der Waals surface area (Å²) in [5, 5.41) is 2.74. The number of nitrogens with two attached hydrogens (primary N) is 1. The van der Waals surface area contributed by atoms with Gasteiger partial charge in [-0.05, 0) is 26.7 Å². The van der Waals surface area contributed by atoms with E-state index >= 15 is 0 Å². The lowest BCUT2D eigenvalue weighted by atomic mass is 9.86. The highest BCUT2D eigenvalue weighted by Gasteiger charge is 2.34. The summed E-state index contributed by atoms with van der Waals surface area (Å²) in [5.74, 6) is -0.444. The predicted octanol–water partition coefficient (Wildman–Crippen LogP) is 1.15. The summed E-state index contributed by atoms with van der Waals surface area (Å²) >= 11 is 4.90. The molecule has 1 atom stereocenters. The smallest absolute Gasteiger partial charge is 0.305 e. The van der Waals surface area contributed by atoms with E-state index in [1.807, 2.05) is 6.92 Å². The summed E-state index contributed by atoms with van der Waals surface area (Å²) in [6.45, 7) is 6.12. The molecule has 6 heteroatoms. The van der Waals surface area contributed by atoms with Gasteiger partial charge in [0.1, 0.15) is 0 Å². The maximum Gasteiger partial charge on any atom is 0.305 e. The summed E-state index contributed by atoms with van der Waals surface area (Å²) < 4.78 is 4.78. The molecule has 0 saturated heterocycles. The van der Waals surface area contributed by atoms with Crippen LogP contribution in [0.2, 0.25) is 0 Å². The molecule has 0 spiro atoms. The average molecular weight is 274 g/mol. The van der Waals surface area contributed by atoms with Gasteiger partial charge in [-0.3, -0.25) is 9.59 Å². The number of ether oxygens (including phenoxy) is 1. The van der Waals surface area contributed by atoms with Crippen molar-refractivity contribution in [2.24, 2.45) is 11.1 Å². The lowest BCUT2D eigenvalue weighted by Crippen LogP contribution is -2.46. The summed E-state index contributed by atoms with van der Waals surface area (Å²) in [4.78, 5) is 23.2. The Hall–Kier alpha value is -1.17. The first-order valence-corrected chi connectivity index (χ1v) is 6.53. The molecule has 0 saturated carbocycles. The third-order valence-electron chi connectivity index (χ3n) is 2.90.